The molecule has 0 spiro atoms. The molecule has 2 N–H and O–H groups in total. The molecule has 0 atom stereocenters. The molecular weight excluding hydrogens is 254 g/mol. The Morgan fingerprint density at radius 2 is 1.70 bits per heavy atom. The number of nitrogens with zero attached hydrogens (tertiary/aromatic N) is 1. The lowest BCUT2D eigenvalue weighted by atomic mass is 10.0. The number of hydrogen-bond acceptors (Lipinski definition) is 3. The summed E-state index contributed by atoms with van der Waals surface area (Å²) in [7, 11) is 3.81. The van der Waals surface area contributed by atoms with Crippen LogP contribution in [0.5, 0.6) is 0 Å². The van der Waals surface area contributed by atoms with Crippen molar-refractivity contribution in [2.45, 2.75) is 19.8 Å². The van der Waals surface area contributed by atoms with Crippen molar-refractivity contribution < 1.29 is 9.59 Å². The fourth-order valence-electron chi connectivity index (χ4n) is 1.61. The fourth-order valence-corrected chi connectivity index (χ4v) is 1.61. The van der Waals surface area contributed by atoms with Gasteiger partial charge in [0.05, 0.1) is 0 Å². The van der Waals surface area contributed by atoms with Gasteiger partial charge in [-0.1, -0.05) is 26.0 Å². The number of carbonyl (C=O) groups is 2. The van der Waals surface area contributed by atoms with Crippen LogP contribution in [-0.2, 0) is 9.59 Å². The normalized spacial score (nSPS) is 10.7. The van der Waals surface area contributed by atoms with Crippen molar-refractivity contribution in [3.8, 4) is 0 Å². The van der Waals surface area contributed by atoms with Gasteiger partial charge in [0.1, 0.15) is 0 Å². The van der Waals surface area contributed by atoms with Gasteiger partial charge < -0.3 is 15.5 Å². The van der Waals surface area contributed by atoms with Crippen LogP contribution in [0.25, 0.3) is 0 Å². The zero-order chi connectivity index (χ0) is 15.1. The molecule has 0 bridgehead atoms. The number of hydrogen-bond donors (Lipinski definition) is 2. The minimum Gasteiger partial charge on any atom is -0.347 e. The summed E-state index contributed by atoms with van der Waals surface area (Å²) in [6.07, 6.45) is 0. The molecule has 1 rings (SSSR count). The molecule has 0 aliphatic carbocycles. The van der Waals surface area contributed by atoms with E-state index in [-0.39, 0.29) is 0 Å². The number of likely N-dealkylation sites (N-methyl/N-ethyl adjacent to an activating group) is 1. The van der Waals surface area contributed by atoms with E-state index in [2.05, 4.69) is 24.5 Å². The number of nitrogens with one attached hydrogen (secondary N) is 2. The number of rotatable bonds is 5. The fraction of sp³-hybridized carbons (Fsp3) is 0.467. The molecule has 0 radical (unpaired) electrons. The minimum atomic E-state index is -0.638. The van der Waals surface area contributed by atoms with Gasteiger partial charge in [0.2, 0.25) is 0 Å². The predicted molar refractivity (Wildman–Crippen MR) is 80.7 cm³/mol. The lowest BCUT2D eigenvalue weighted by molar-refractivity contribution is -0.136. The van der Waals surface area contributed by atoms with Crippen LogP contribution in [0.2, 0.25) is 0 Å². The maximum absolute atomic E-state index is 11.7. The molecule has 1 aromatic carbocycles. The third-order valence-electron chi connectivity index (χ3n) is 2.89. The highest BCUT2D eigenvalue weighted by Gasteiger charge is 2.13. The van der Waals surface area contributed by atoms with E-state index in [0.717, 1.165) is 0 Å². The van der Waals surface area contributed by atoms with Crippen molar-refractivity contribution >= 4 is 17.5 Å². The summed E-state index contributed by atoms with van der Waals surface area (Å²) in [5.74, 6) is -0.810. The van der Waals surface area contributed by atoms with Gasteiger partial charge in [-0.15, -0.1) is 0 Å². The Balaban J connectivity index is 2.47. The summed E-state index contributed by atoms with van der Waals surface area (Å²) < 4.78 is 0. The second-order valence-corrected chi connectivity index (χ2v) is 5.29. The standard InChI is InChI=1S/C15H23N3O2/c1-11(2)12-5-7-13(8-6-12)17-15(20)14(19)16-9-10-18(3)4/h5-8,11H,9-10H2,1-4H3,(H,16,19)(H,17,20). The van der Waals surface area contributed by atoms with Crippen LogP contribution in [-0.4, -0.2) is 43.9 Å². The van der Waals surface area contributed by atoms with Crippen molar-refractivity contribution in [1.82, 2.24) is 10.2 Å². The van der Waals surface area contributed by atoms with E-state index in [1.807, 2.05) is 31.1 Å². The van der Waals surface area contributed by atoms with Gasteiger partial charge >= 0.3 is 11.8 Å². The van der Waals surface area contributed by atoms with E-state index in [1.165, 1.54) is 5.56 Å². The van der Waals surface area contributed by atoms with Crippen LogP contribution in [0.15, 0.2) is 24.3 Å². The predicted octanol–water partition coefficient (Wildman–Crippen LogP) is 1.43. The van der Waals surface area contributed by atoms with Crippen LogP contribution in [0, 0.1) is 0 Å². The summed E-state index contributed by atoms with van der Waals surface area (Å²) in [5, 5.41) is 5.15. The smallest absolute Gasteiger partial charge is 0.313 e. The second kappa shape index (κ2) is 7.65. The maximum Gasteiger partial charge on any atom is 0.313 e. The van der Waals surface area contributed by atoms with Gasteiger partial charge in [-0.25, -0.2) is 0 Å². The third kappa shape index (κ3) is 5.40. The number of benzene rings is 1. The first-order valence-electron chi connectivity index (χ1n) is 6.74. The van der Waals surface area contributed by atoms with E-state index in [0.29, 0.717) is 24.7 Å². The van der Waals surface area contributed by atoms with Crippen molar-refractivity contribution in [3.63, 3.8) is 0 Å². The zero-order valence-electron chi connectivity index (χ0n) is 12.6. The largest absolute Gasteiger partial charge is 0.347 e. The SMILES string of the molecule is CC(C)c1ccc(NC(=O)C(=O)NCCN(C)C)cc1. The summed E-state index contributed by atoms with van der Waals surface area (Å²) in [6, 6.07) is 7.51. The molecule has 0 heterocycles. The van der Waals surface area contributed by atoms with E-state index in [9.17, 15) is 9.59 Å². The molecule has 0 fully saturated rings. The summed E-state index contributed by atoms with van der Waals surface area (Å²) in [5.41, 5.74) is 1.82. The van der Waals surface area contributed by atoms with Gasteiger partial charge in [-0.05, 0) is 37.7 Å². The second-order valence-electron chi connectivity index (χ2n) is 5.29. The molecule has 20 heavy (non-hydrogen) atoms. The maximum atomic E-state index is 11.7. The lowest BCUT2D eigenvalue weighted by Crippen LogP contribution is -2.38. The van der Waals surface area contributed by atoms with Crippen molar-refractivity contribution in [1.29, 1.82) is 0 Å². The highest BCUT2D eigenvalue weighted by molar-refractivity contribution is 6.39. The Hall–Kier alpha value is -1.88. The van der Waals surface area contributed by atoms with Crippen molar-refractivity contribution in [2.24, 2.45) is 0 Å². The summed E-state index contributed by atoms with van der Waals surface area (Å²) in [4.78, 5) is 25.2. The Morgan fingerprint density at radius 1 is 1.10 bits per heavy atom. The molecule has 110 valence electrons. The van der Waals surface area contributed by atoms with Gasteiger partial charge in [-0.3, -0.25) is 9.59 Å². The zero-order valence-corrected chi connectivity index (χ0v) is 12.6. The topological polar surface area (TPSA) is 61.4 Å². The first-order chi connectivity index (χ1) is 9.40. The van der Waals surface area contributed by atoms with Crippen LogP contribution in [0.3, 0.4) is 0 Å². The van der Waals surface area contributed by atoms with Crippen molar-refractivity contribution in [2.75, 3.05) is 32.5 Å². The number of anilines is 1. The molecule has 0 saturated carbocycles. The minimum absolute atomic E-state index is 0.439. The van der Waals surface area contributed by atoms with Crippen LogP contribution in [0.4, 0.5) is 5.69 Å². The van der Waals surface area contributed by atoms with E-state index >= 15 is 0 Å². The van der Waals surface area contributed by atoms with Crippen molar-refractivity contribution in [3.05, 3.63) is 29.8 Å². The Labute approximate surface area is 120 Å². The first-order valence-corrected chi connectivity index (χ1v) is 6.74. The van der Waals surface area contributed by atoms with E-state index in [4.69, 9.17) is 0 Å². The number of carbonyl (C=O) groups excluding carboxylic acids is 2. The molecule has 0 aliphatic rings. The monoisotopic (exact) mass is 277 g/mol. The highest BCUT2D eigenvalue weighted by atomic mass is 16.2. The van der Waals surface area contributed by atoms with Crippen LogP contribution < -0.4 is 10.6 Å². The average Bonchev–Trinajstić information content (AvgIpc) is 2.38. The van der Waals surface area contributed by atoms with E-state index < -0.39 is 11.8 Å². The molecule has 0 unspecified atom stereocenters. The van der Waals surface area contributed by atoms with E-state index in [1.54, 1.807) is 12.1 Å². The molecule has 5 nitrogen and oxygen atoms in total. The molecule has 0 saturated heterocycles. The molecule has 2 amide bonds. The molecule has 0 aromatic heterocycles. The molecule has 5 heteroatoms. The van der Waals surface area contributed by atoms with Gasteiger partial charge in [0, 0.05) is 18.8 Å². The van der Waals surface area contributed by atoms with Gasteiger partial charge in [0.25, 0.3) is 0 Å². The first kappa shape index (κ1) is 16.2. The van der Waals surface area contributed by atoms with Gasteiger partial charge in [-0.2, -0.15) is 0 Å². The quantitative estimate of drug-likeness (QED) is 0.800. The third-order valence-corrected chi connectivity index (χ3v) is 2.89. The Kier molecular flexibility index (Phi) is 6.18. The molecule has 0 aliphatic heterocycles. The Morgan fingerprint density at radius 3 is 2.20 bits per heavy atom. The Bertz CT molecular complexity index is 453. The summed E-state index contributed by atoms with van der Waals surface area (Å²) >= 11 is 0. The van der Waals surface area contributed by atoms with Crippen LogP contribution >= 0.6 is 0 Å². The molecule has 1 aromatic rings. The number of amides is 2. The van der Waals surface area contributed by atoms with Crippen LogP contribution in [0.1, 0.15) is 25.3 Å². The average molecular weight is 277 g/mol. The lowest BCUT2D eigenvalue weighted by Gasteiger charge is -2.11. The highest BCUT2D eigenvalue weighted by Crippen LogP contribution is 2.16. The molecular formula is C15H23N3O2. The summed E-state index contributed by atoms with van der Waals surface area (Å²) in [6.45, 7) is 5.35. The van der Waals surface area contributed by atoms with Gasteiger partial charge in [0.15, 0.2) is 0 Å².